The number of nitrogens with two attached hydrogens (primary N) is 1. The molecule has 106 valence electrons. The van der Waals surface area contributed by atoms with E-state index in [9.17, 15) is 4.79 Å². The van der Waals surface area contributed by atoms with E-state index in [1.807, 2.05) is 32.0 Å². The summed E-state index contributed by atoms with van der Waals surface area (Å²) in [6.45, 7) is 5.69. The Balaban J connectivity index is 1.98. The lowest BCUT2D eigenvalue weighted by Gasteiger charge is -2.11. The van der Waals surface area contributed by atoms with Crippen LogP contribution in [0, 0.1) is 20.8 Å². The highest BCUT2D eigenvalue weighted by Crippen LogP contribution is 2.20. The van der Waals surface area contributed by atoms with Crippen molar-refractivity contribution in [3.63, 3.8) is 0 Å². The van der Waals surface area contributed by atoms with E-state index in [0.717, 1.165) is 16.8 Å². The van der Waals surface area contributed by atoms with E-state index < -0.39 is 0 Å². The standard InChI is InChI=1S/C13H17N5OS/c1-8-5-4-6-9(2)12(8)15-11(19)7-20-13-17-16-10(3)18(13)14/h4-6H,7,14H2,1-3H3,(H,15,19). The lowest BCUT2D eigenvalue weighted by Crippen LogP contribution is -2.17. The third-order valence-electron chi connectivity index (χ3n) is 2.91. The maximum Gasteiger partial charge on any atom is 0.234 e. The van der Waals surface area contributed by atoms with Crippen molar-refractivity contribution in [2.75, 3.05) is 16.9 Å². The van der Waals surface area contributed by atoms with Gasteiger partial charge in [0.2, 0.25) is 11.1 Å². The van der Waals surface area contributed by atoms with Crippen LogP contribution in [0.5, 0.6) is 0 Å². The molecule has 0 fully saturated rings. The van der Waals surface area contributed by atoms with Gasteiger partial charge in [-0.05, 0) is 31.9 Å². The van der Waals surface area contributed by atoms with E-state index >= 15 is 0 Å². The van der Waals surface area contributed by atoms with Gasteiger partial charge in [0.15, 0.2) is 0 Å². The van der Waals surface area contributed by atoms with Gasteiger partial charge in [-0.1, -0.05) is 30.0 Å². The molecule has 2 aromatic rings. The number of carbonyl (C=O) groups is 1. The summed E-state index contributed by atoms with van der Waals surface area (Å²) in [6.07, 6.45) is 0. The van der Waals surface area contributed by atoms with Gasteiger partial charge in [-0.3, -0.25) is 4.79 Å². The second kappa shape index (κ2) is 5.96. The first-order valence-corrected chi connectivity index (χ1v) is 7.13. The minimum absolute atomic E-state index is 0.0898. The van der Waals surface area contributed by atoms with Gasteiger partial charge in [0.05, 0.1) is 5.75 Å². The van der Waals surface area contributed by atoms with Gasteiger partial charge in [0, 0.05) is 5.69 Å². The molecule has 7 heteroatoms. The van der Waals surface area contributed by atoms with E-state index in [2.05, 4.69) is 15.5 Å². The molecule has 6 nitrogen and oxygen atoms in total. The molecule has 0 saturated carbocycles. The molecule has 0 saturated heterocycles. The zero-order chi connectivity index (χ0) is 14.7. The molecular formula is C13H17N5OS. The maximum atomic E-state index is 12.0. The highest BCUT2D eigenvalue weighted by Gasteiger charge is 2.11. The van der Waals surface area contributed by atoms with Crippen LogP contribution in [0.3, 0.4) is 0 Å². The first kappa shape index (κ1) is 14.4. The van der Waals surface area contributed by atoms with E-state index in [-0.39, 0.29) is 11.7 Å². The molecular weight excluding hydrogens is 274 g/mol. The number of aromatic nitrogens is 3. The second-order valence-electron chi connectivity index (χ2n) is 4.50. The summed E-state index contributed by atoms with van der Waals surface area (Å²) in [5.41, 5.74) is 2.95. The Labute approximate surface area is 121 Å². The summed E-state index contributed by atoms with van der Waals surface area (Å²) >= 11 is 1.26. The molecule has 0 spiro atoms. The molecule has 20 heavy (non-hydrogen) atoms. The van der Waals surface area contributed by atoms with Crippen molar-refractivity contribution >= 4 is 23.4 Å². The number of thioether (sulfide) groups is 1. The van der Waals surface area contributed by atoms with Crippen molar-refractivity contribution in [2.24, 2.45) is 0 Å². The highest BCUT2D eigenvalue weighted by molar-refractivity contribution is 7.99. The Hall–Kier alpha value is -2.02. The van der Waals surface area contributed by atoms with Gasteiger partial charge >= 0.3 is 0 Å². The summed E-state index contributed by atoms with van der Waals surface area (Å²) in [7, 11) is 0. The fourth-order valence-electron chi connectivity index (χ4n) is 1.77. The van der Waals surface area contributed by atoms with Crippen molar-refractivity contribution in [1.82, 2.24) is 14.9 Å². The minimum Gasteiger partial charge on any atom is -0.336 e. The van der Waals surface area contributed by atoms with Crippen molar-refractivity contribution in [3.8, 4) is 0 Å². The van der Waals surface area contributed by atoms with Gasteiger partial charge < -0.3 is 11.2 Å². The van der Waals surface area contributed by atoms with Crippen molar-refractivity contribution in [2.45, 2.75) is 25.9 Å². The fourth-order valence-corrected chi connectivity index (χ4v) is 2.47. The number of benzene rings is 1. The molecule has 1 heterocycles. The summed E-state index contributed by atoms with van der Waals surface area (Å²) in [6, 6.07) is 5.90. The third-order valence-corrected chi connectivity index (χ3v) is 3.86. The van der Waals surface area contributed by atoms with Crippen LogP contribution in [0.1, 0.15) is 17.0 Å². The Kier molecular flexibility index (Phi) is 4.29. The van der Waals surface area contributed by atoms with E-state index in [0.29, 0.717) is 11.0 Å². The van der Waals surface area contributed by atoms with Gasteiger partial charge in [-0.15, -0.1) is 10.2 Å². The average molecular weight is 291 g/mol. The van der Waals surface area contributed by atoms with Crippen LogP contribution in [0.4, 0.5) is 5.69 Å². The molecule has 1 aromatic carbocycles. The molecule has 0 aliphatic carbocycles. The monoisotopic (exact) mass is 291 g/mol. The molecule has 0 aliphatic heterocycles. The number of rotatable bonds is 4. The van der Waals surface area contributed by atoms with Gasteiger partial charge in [-0.25, -0.2) is 4.68 Å². The molecule has 0 aliphatic rings. The number of para-hydroxylation sites is 1. The van der Waals surface area contributed by atoms with E-state index in [1.165, 1.54) is 16.4 Å². The number of anilines is 1. The predicted molar refractivity (Wildman–Crippen MR) is 80.2 cm³/mol. The number of nitrogens with zero attached hydrogens (tertiary/aromatic N) is 3. The summed E-state index contributed by atoms with van der Waals surface area (Å²) in [5.74, 6) is 6.49. The summed E-state index contributed by atoms with van der Waals surface area (Å²) in [4.78, 5) is 12.0. The Bertz CT molecular complexity index is 617. The lowest BCUT2D eigenvalue weighted by molar-refractivity contribution is -0.113. The largest absolute Gasteiger partial charge is 0.336 e. The van der Waals surface area contributed by atoms with Gasteiger partial charge in [-0.2, -0.15) is 0 Å². The molecule has 0 bridgehead atoms. The van der Waals surface area contributed by atoms with Crippen LogP contribution in [0.15, 0.2) is 23.4 Å². The number of hydrogen-bond acceptors (Lipinski definition) is 5. The van der Waals surface area contributed by atoms with Crippen LogP contribution in [-0.4, -0.2) is 26.5 Å². The Morgan fingerprint density at radius 2 is 1.95 bits per heavy atom. The number of aryl methyl sites for hydroxylation is 3. The SMILES string of the molecule is Cc1cccc(C)c1NC(=O)CSc1nnc(C)n1N. The number of amides is 1. The van der Waals surface area contributed by atoms with Crippen LogP contribution < -0.4 is 11.2 Å². The first-order valence-electron chi connectivity index (χ1n) is 6.15. The summed E-state index contributed by atoms with van der Waals surface area (Å²) in [5, 5.41) is 11.2. The highest BCUT2D eigenvalue weighted by atomic mass is 32.2. The quantitative estimate of drug-likeness (QED) is 0.661. The third kappa shape index (κ3) is 3.11. The van der Waals surface area contributed by atoms with E-state index in [4.69, 9.17) is 5.84 Å². The smallest absolute Gasteiger partial charge is 0.234 e. The van der Waals surface area contributed by atoms with Crippen LogP contribution >= 0.6 is 11.8 Å². The minimum atomic E-state index is -0.0898. The normalized spacial score (nSPS) is 10.6. The average Bonchev–Trinajstić information content (AvgIpc) is 2.72. The molecule has 1 amide bonds. The topological polar surface area (TPSA) is 85.8 Å². The van der Waals surface area contributed by atoms with Crippen LogP contribution in [0.2, 0.25) is 0 Å². The van der Waals surface area contributed by atoms with Crippen LogP contribution in [-0.2, 0) is 4.79 Å². The second-order valence-corrected chi connectivity index (χ2v) is 5.45. The number of carbonyl (C=O) groups excluding carboxylic acids is 1. The molecule has 2 rings (SSSR count). The first-order chi connectivity index (χ1) is 9.49. The predicted octanol–water partition coefficient (Wildman–Crippen LogP) is 1.65. The number of nitrogens with one attached hydrogen (secondary N) is 1. The van der Waals surface area contributed by atoms with Crippen molar-refractivity contribution in [3.05, 3.63) is 35.2 Å². The maximum absolute atomic E-state index is 12.0. The fraction of sp³-hybridized carbons (Fsp3) is 0.308. The van der Waals surface area contributed by atoms with Crippen LogP contribution in [0.25, 0.3) is 0 Å². The molecule has 3 N–H and O–H groups in total. The molecule has 1 aromatic heterocycles. The zero-order valence-corrected chi connectivity index (χ0v) is 12.5. The molecule has 0 radical (unpaired) electrons. The number of hydrogen-bond donors (Lipinski definition) is 2. The molecule has 0 atom stereocenters. The van der Waals surface area contributed by atoms with Gasteiger partial charge in [0.25, 0.3) is 0 Å². The molecule has 0 unspecified atom stereocenters. The zero-order valence-electron chi connectivity index (χ0n) is 11.7. The van der Waals surface area contributed by atoms with Gasteiger partial charge in [0.1, 0.15) is 5.82 Å². The summed E-state index contributed by atoms with van der Waals surface area (Å²) < 4.78 is 1.37. The Morgan fingerprint density at radius 3 is 2.50 bits per heavy atom. The lowest BCUT2D eigenvalue weighted by atomic mass is 10.1. The number of nitrogen functional groups attached to an aromatic ring is 1. The van der Waals surface area contributed by atoms with Crippen molar-refractivity contribution < 1.29 is 4.79 Å². The van der Waals surface area contributed by atoms with E-state index in [1.54, 1.807) is 6.92 Å². The van der Waals surface area contributed by atoms with Crippen molar-refractivity contribution in [1.29, 1.82) is 0 Å². The Morgan fingerprint density at radius 1 is 1.30 bits per heavy atom.